The van der Waals surface area contributed by atoms with Crippen LogP contribution in [0.3, 0.4) is 0 Å². The van der Waals surface area contributed by atoms with Crippen molar-refractivity contribution < 1.29 is 19.0 Å². The molecule has 0 unspecified atom stereocenters. The van der Waals surface area contributed by atoms with Crippen LogP contribution in [0, 0.1) is 5.82 Å². The van der Waals surface area contributed by atoms with Crippen LogP contribution >= 0.6 is 11.6 Å². The summed E-state index contributed by atoms with van der Waals surface area (Å²) in [4.78, 5) is 27.5. The summed E-state index contributed by atoms with van der Waals surface area (Å²) in [6, 6.07) is 12.7. The highest BCUT2D eigenvalue weighted by Gasteiger charge is 2.39. The summed E-state index contributed by atoms with van der Waals surface area (Å²) in [6.07, 6.45) is 5.57. The number of aromatic hydroxyl groups is 1. The summed E-state index contributed by atoms with van der Waals surface area (Å²) in [7, 11) is 0. The molecule has 2 aromatic carbocycles. The van der Waals surface area contributed by atoms with Crippen LogP contribution < -0.4 is 15.2 Å². The van der Waals surface area contributed by atoms with Crippen molar-refractivity contribution >= 4 is 17.5 Å². The van der Waals surface area contributed by atoms with Gasteiger partial charge in [-0.1, -0.05) is 61.0 Å². The third-order valence-electron chi connectivity index (χ3n) is 6.38. The number of hydrogen-bond acceptors (Lipinski definition) is 5. The van der Waals surface area contributed by atoms with Gasteiger partial charge >= 0.3 is 0 Å². The van der Waals surface area contributed by atoms with Gasteiger partial charge < -0.3 is 14.7 Å². The van der Waals surface area contributed by atoms with Crippen molar-refractivity contribution in [2.75, 3.05) is 18.3 Å². The number of ether oxygens (including phenoxy) is 1. The number of fused-ring (bicyclic) bond motifs is 5. The van der Waals surface area contributed by atoms with Gasteiger partial charge in [0.05, 0.1) is 11.1 Å². The maximum Gasteiger partial charge on any atom is 0.278 e. The third-order valence-corrected chi connectivity index (χ3v) is 6.67. The third kappa shape index (κ3) is 3.83. The van der Waals surface area contributed by atoms with Gasteiger partial charge in [0.2, 0.25) is 5.43 Å². The zero-order valence-corrected chi connectivity index (χ0v) is 19.7. The zero-order chi connectivity index (χ0) is 24.7. The van der Waals surface area contributed by atoms with Gasteiger partial charge in [-0.3, -0.25) is 19.3 Å². The maximum absolute atomic E-state index is 15.3. The zero-order valence-electron chi connectivity index (χ0n) is 18.9. The number of benzene rings is 2. The number of carbonyl (C=O) groups excluding carboxylic acids is 1. The second kappa shape index (κ2) is 9.11. The highest BCUT2D eigenvalue weighted by atomic mass is 35.5. The van der Waals surface area contributed by atoms with E-state index in [1.807, 2.05) is 48.3 Å². The van der Waals surface area contributed by atoms with E-state index in [-0.39, 0.29) is 35.8 Å². The molecule has 0 saturated heterocycles. The van der Waals surface area contributed by atoms with Gasteiger partial charge in [-0.2, -0.15) is 0 Å². The lowest BCUT2D eigenvalue weighted by Crippen LogP contribution is -2.57. The predicted molar refractivity (Wildman–Crippen MR) is 130 cm³/mol. The predicted octanol–water partition coefficient (Wildman–Crippen LogP) is 4.21. The van der Waals surface area contributed by atoms with Crippen LogP contribution in [0.5, 0.6) is 11.5 Å². The summed E-state index contributed by atoms with van der Waals surface area (Å²) >= 11 is 6.11. The molecule has 2 bridgehead atoms. The fraction of sp³-hybridized carbons (Fsp3) is 0.231. The number of nitrogens with zero attached hydrogens (tertiary/aromatic N) is 3. The van der Waals surface area contributed by atoms with E-state index in [9.17, 15) is 14.7 Å². The largest absolute Gasteiger partial charge is 0.502 e. The average molecular weight is 496 g/mol. The molecule has 180 valence electrons. The van der Waals surface area contributed by atoms with Crippen molar-refractivity contribution in [2.24, 2.45) is 0 Å². The van der Waals surface area contributed by atoms with E-state index in [4.69, 9.17) is 16.3 Å². The van der Waals surface area contributed by atoms with E-state index >= 15 is 4.39 Å². The van der Waals surface area contributed by atoms with E-state index in [0.717, 1.165) is 5.56 Å². The highest BCUT2D eigenvalue weighted by Crippen LogP contribution is 2.40. The van der Waals surface area contributed by atoms with Gasteiger partial charge in [0.15, 0.2) is 23.0 Å². The lowest BCUT2D eigenvalue weighted by molar-refractivity contribution is 0.0626. The molecular weight excluding hydrogens is 473 g/mol. The fourth-order valence-corrected chi connectivity index (χ4v) is 4.83. The molecule has 0 fully saturated rings. The maximum atomic E-state index is 15.3. The first kappa shape index (κ1) is 23.0. The summed E-state index contributed by atoms with van der Waals surface area (Å²) in [6.45, 7) is 2.11. The number of hydrogen-bond donors (Lipinski definition) is 1. The molecule has 7 nitrogen and oxygen atoms in total. The topological polar surface area (TPSA) is 75.0 Å². The molecule has 35 heavy (non-hydrogen) atoms. The molecule has 5 rings (SSSR count). The number of carbonyl (C=O) groups is 1. The van der Waals surface area contributed by atoms with E-state index in [1.165, 1.54) is 23.0 Å². The van der Waals surface area contributed by atoms with E-state index in [1.54, 1.807) is 17.0 Å². The van der Waals surface area contributed by atoms with Gasteiger partial charge in [0, 0.05) is 17.8 Å². The lowest BCUT2D eigenvalue weighted by atomic mass is 9.96. The minimum absolute atomic E-state index is 0.00113. The van der Waals surface area contributed by atoms with Crippen molar-refractivity contribution in [2.45, 2.75) is 25.4 Å². The Hall–Kier alpha value is -3.78. The highest BCUT2D eigenvalue weighted by molar-refractivity contribution is 6.30. The summed E-state index contributed by atoms with van der Waals surface area (Å²) in [5.74, 6) is -1.78. The molecule has 1 aromatic heterocycles. The molecule has 1 amide bonds. The van der Waals surface area contributed by atoms with Crippen molar-refractivity contribution in [1.82, 2.24) is 9.58 Å². The minimum Gasteiger partial charge on any atom is -0.502 e. The van der Waals surface area contributed by atoms with Crippen molar-refractivity contribution in [3.63, 3.8) is 0 Å². The van der Waals surface area contributed by atoms with E-state index in [0.29, 0.717) is 12.0 Å². The molecule has 2 aliphatic rings. The van der Waals surface area contributed by atoms with Crippen LogP contribution in [-0.4, -0.2) is 39.9 Å². The Labute approximate surface area is 206 Å². The summed E-state index contributed by atoms with van der Waals surface area (Å²) in [5.41, 5.74) is 0.475. The quantitative estimate of drug-likeness (QED) is 0.539. The normalized spacial score (nSPS) is 20.4. The summed E-state index contributed by atoms with van der Waals surface area (Å²) in [5, 5.41) is 12.4. The van der Waals surface area contributed by atoms with Crippen molar-refractivity contribution in [1.29, 1.82) is 0 Å². The van der Waals surface area contributed by atoms with Gasteiger partial charge in [-0.05, 0) is 24.1 Å². The van der Waals surface area contributed by atoms with Crippen LogP contribution in [-0.2, 0) is 0 Å². The molecule has 3 heterocycles. The minimum atomic E-state index is -0.683. The number of pyridine rings is 1. The molecule has 0 aliphatic carbocycles. The molecule has 2 aliphatic heterocycles. The smallest absolute Gasteiger partial charge is 0.278 e. The second-order valence-corrected chi connectivity index (χ2v) is 8.79. The Balaban J connectivity index is 1.84. The Morgan fingerprint density at radius 3 is 2.66 bits per heavy atom. The van der Waals surface area contributed by atoms with Crippen LogP contribution in [0.1, 0.15) is 41.0 Å². The number of amides is 1. The SMILES string of the molecule is CC[C@H]1/C=C/COc2c(ccc(Cl)c2F)[C@H](c2ccccc2)N2CN1C(=O)c1c(O)c(=O)ccn12. The monoisotopic (exact) mass is 495 g/mol. The van der Waals surface area contributed by atoms with Crippen LogP contribution in [0.15, 0.2) is 71.7 Å². The Bertz CT molecular complexity index is 1380. The molecular formula is C26H23ClFN3O4. The first-order valence-corrected chi connectivity index (χ1v) is 11.6. The standard InChI is InChI=1S/C26H23ClFN3O4/c1-2-17-9-6-14-35-25-18(10-11-19(27)21(25)28)22(16-7-4-3-5-8-16)31-15-29(17)26(34)23-24(33)20(32)12-13-30(23)31/h3-13,17,22,33H,2,14-15H2,1H3/b9-6+/t17-,22-/m0/s1. The summed E-state index contributed by atoms with van der Waals surface area (Å²) < 4.78 is 22.7. The average Bonchev–Trinajstić information content (AvgIpc) is 2.89. The molecule has 3 aromatic rings. The van der Waals surface area contributed by atoms with E-state index in [2.05, 4.69) is 0 Å². The first-order chi connectivity index (χ1) is 16.9. The van der Waals surface area contributed by atoms with E-state index < -0.39 is 28.9 Å². The number of halogens is 2. The Morgan fingerprint density at radius 1 is 1.14 bits per heavy atom. The molecule has 9 heteroatoms. The molecule has 0 radical (unpaired) electrons. The van der Waals surface area contributed by atoms with Crippen LogP contribution in [0.25, 0.3) is 0 Å². The molecule has 0 saturated carbocycles. The van der Waals surface area contributed by atoms with Crippen molar-refractivity contribution in [3.05, 3.63) is 105 Å². The molecule has 2 atom stereocenters. The van der Waals surface area contributed by atoms with Gasteiger partial charge in [0.25, 0.3) is 5.91 Å². The van der Waals surface area contributed by atoms with Crippen LogP contribution in [0.2, 0.25) is 5.02 Å². The number of aromatic nitrogens is 1. The first-order valence-electron chi connectivity index (χ1n) is 11.3. The molecule has 0 spiro atoms. The lowest BCUT2D eigenvalue weighted by Gasteiger charge is -2.45. The molecule has 1 N–H and O–H groups in total. The van der Waals surface area contributed by atoms with Gasteiger partial charge in [-0.15, -0.1) is 0 Å². The Morgan fingerprint density at radius 2 is 1.91 bits per heavy atom. The van der Waals surface area contributed by atoms with Gasteiger partial charge in [0.1, 0.15) is 19.3 Å². The fourth-order valence-electron chi connectivity index (χ4n) is 4.68. The number of rotatable bonds is 2. The van der Waals surface area contributed by atoms with Crippen LogP contribution in [0.4, 0.5) is 4.39 Å². The van der Waals surface area contributed by atoms with Crippen molar-refractivity contribution in [3.8, 4) is 11.5 Å². The Kier molecular flexibility index (Phi) is 5.98. The van der Waals surface area contributed by atoms with Gasteiger partial charge in [-0.25, -0.2) is 4.39 Å². The second-order valence-electron chi connectivity index (χ2n) is 8.39.